The number of rotatable bonds is 2. The van der Waals surface area contributed by atoms with Gasteiger partial charge in [-0.2, -0.15) is 0 Å². The van der Waals surface area contributed by atoms with Gasteiger partial charge in [0.25, 0.3) is 0 Å². The van der Waals surface area contributed by atoms with E-state index in [1.165, 1.54) is 0 Å². The van der Waals surface area contributed by atoms with Crippen molar-refractivity contribution in [2.24, 2.45) is 5.73 Å². The molecule has 0 bridgehead atoms. The molecule has 0 atom stereocenters. The second-order valence-electron chi connectivity index (χ2n) is 3.42. The molecule has 0 aliphatic heterocycles. The third-order valence-corrected chi connectivity index (χ3v) is 1.98. The Morgan fingerprint density at radius 3 is 2.64 bits per heavy atom. The second kappa shape index (κ2) is 2.66. The fraction of sp³-hybridized carbons (Fsp3) is 0.625. The summed E-state index contributed by atoms with van der Waals surface area (Å²) in [5, 5.41) is 0. The molecule has 11 heavy (non-hydrogen) atoms. The standard InChI is InChI=1S/C8H15N3/c1-7-4-10-6-11(7)8(2,3)5-9/h4,6H,5,9H2,1-3H3. The smallest absolute Gasteiger partial charge is 0.0953 e. The van der Waals surface area contributed by atoms with Crippen LogP contribution in [-0.2, 0) is 5.54 Å². The minimum absolute atomic E-state index is 0.0133. The van der Waals surface area contributed by atoms with E-state index in [4.69, 9.17) is 5.73 Å². The van der Waals surface area contributed by atoms with E-state index in [-0.39, 0.29) is 5.54 Å². The number of nitrogens with zero attached hydrogens (tertiary/aromatic N) is 2. The highest BCUT2D eigenvalue weighted by Crippen LogP contribution is 2.14. The zero-order valence-electron chi connectivity index (χ0n) is 7.33. The van der Waals surface area contributed by atoms with E-state index < -0.39 is 0 Å². The summed E-state index contributed by atoms with van der Waals surface area (Å²) in [5.41, 5.74) is 6.76. The lowest BCUT2D eigenvalue weighted by Crippen LogP contribution is -2.35. The van der Waals surface area contributed by atoms with Crippen LogP contribution in [0.25, 0.3) is 0 Å². The summed E-state index contributed by atoms with van der Waals surface area (Å²) in [5.74, 6) is 0. The van der Waals surface area contributed by atoms with Crippen LogP contribution in [-0.4, -0.2) is 16.1 Å². The molecule has 3 nitrogen and oxygen atoms in total. The molecule has 0 amide bonds. The summed E-state index contributed by atoms with van der Waals surface area (Å²) in [4.78, 5) is 4.04. The molecule has 0 aromatic carbocycles. The Balaban J connectivity index is 3.00. The van der Waals surface area contributed by atoms with Gasteiger partial charge in [-0.1, -0.05) is 0 Å². The van der Waals surface area contributed by atoms with Crippen LogP contribution in [0.5, 0.6) is 0 Å². The van der Waals surface area contributed by atoms with E-state index in [1.807, 2.05) is 19.4 Å². The third kappa shape index (κ3) is 1.43. The Hall–Kier alpha value is -0.830. The number of aromatic nitrogens is 2. The summed E-state index contributed by atoms with van der Waals surface area (Å²) in [6.45, 7) is 6.86. The molecule has 1 aromatic heterocycles. The van der Waals surface area contributed by atoms with Crippen molar-refractivity contribution in [1.82, 2.24) is 9.55 Å². The predicted octanol–water partition coefficient (Wildman–Crippen LogP) is 0.885. The van der Waals surface area contributed by atoms with Crippen molar-refractivity contribution < 1.29 is 0 Å². The zero-order chi connectivity index (χ0) is 8.48. The molecule has 62 valence electrons. The highest BCUT2D eigenvalue weighted by molar-refractivity contribution is 4.99. The fourth-order valence-electron chi connectivity index (χ4n) is 1.09. The molecule has 0 radical (unpaired) electrons. The van der Waals surface area contributed by atoms with Gasteiger partial charge in [0, 0.05) is 18.4 Å². The second-order valence-corrected chi connectivity index (χ2v) is 3.42. The minimum atomic E-state index is -0.0133. The van der Waals surface area contributed by atoms with Gasteiger partial charge in [0.1, 0.15) is 0 Å². The molecule has 0 spiro atoms. The lowest BCUT2D eigenvalue weighted by atomic mass is 10.1. The van der Waals surface area contributed by atoms with Gasteiger partial charge in [0.05, 0.1) is 11.9 Å². The van der Waals surface area contributed by atoms with Crippen molar-refractivity contribution in [1.29, 1.82) is 0 Å². The van der Waals surface area contributed by atoms with Crippen LogP contribution in [0.1, 0.15) is 19.5 Å². The average molecular weight is 153 g/mol. The maximum Gasteiger partial charge on any atom is 0.0953 e. The van der Waals surface area contributed by atoms with Gasteiger partial charge < -0.3 is 10.3 Å². The van der Waals surface area contributed by atoms with Gasteiger partial charge >= 0.3 is 0 Å². The van der Waals surface area contributed by atoms with E-state index in [1.54, 1.807) is 0 Å². The zero-order valence-corrected chi connectivity index (χ0v) is 7.33. The Morgan fingerprint density at radius 1 is 1.64 bits per heavy atom. The van der Waals surface area contributed by atoms with Crippen molar-refractivity contribution in [3.05, 3.63) is 18.2 Å². The molecule has 0 unspecified atom stereocenters. The van der Waals surface area contributed by atoms with E-state index >= 15 is 0 Å². The first-order valence-corrected chi connectivity index (χ1v) is 3.77. The quantitative estimate of drug-likeness (QED) is 0.685. The van der Waals surface area contributed by atoms with Crippen molar-refractivity contribution in [3.63, 3.8) is 0 Å². The highest BCUT2D eigenvalue weighted by Gasteiger charge is 2.18. The first-order chi connectivity index (χ1) is 5.08. The molecule has 1 aromatic rings. The SMILES string of the molecule is Cc1cncn1C(C)(C)CN. The molecule has 3 heteroatoms. The molecule has 2 N–H and O–H groups in total. The van der Waals surface area contributed by atoms with Crippen LogP contribution < -0.4 is 5.73 Å². The summed E-state index contributed by atoms with van der Waals surface area (Å²) in [7, 11) is 0. The average Bonchev–Trinajstić information content (AvgIpc) is 2.36. The van der Waals surface area contributed by atoms with Crippen LogP contribution >= 0.6 is 0 Å². The molecule has 1 heterocycles. The summed E-state index contributed by atoms with van der Waals surface area (Å²) in [6, 6.07) is 0. The summed E-state index contributed by atoms with van der Waals surface area (Å²) in [6.07, 6.45) is 3.67. The van der Waals surface area contributed by atoms with Crippen LogP contribution in [0.2, 0.25) is 0 Å². The van der Waals surface area contributed by atoms with Crippen molar-refractivity contribution >= 4 is 0 Å². The highest BCUT2D eigenvalue weighted by atomic mass is 15.1. The summed E-state index contributed by atoms with van der Waals surface area (Å²) < 4.78 is 2.09. The van der Waals surface area contributed by atoms with Gasteiger partial charge in [-0.3, -0.25) is 0 Å². The van der Waals surface area contributed by atoms with E-state index in [9.17, 15) is 0 Å². The van der Waals surface area contributed by atoms with Crippen molar-refractivity contribution in [3.8, 4) is 0 Å². The largest absolute Gasteiger partial charge is 0.328 e. The predicted molar refractivity (Wildman–Crippen MR) is 45.3 cm³/mol. The fourth-order valence-corrected chi connectivity index (χ4v) is 1.09. The van der Waals surface area contributed by atoms with E-state index in [0.29, 0.717) is 6.54 Å². The van der Waals surface area contributed by atoms with Crippen molar-refractivity contribution in [2.45, 2.75) is 26.3 Å². The van der Waals surface area contributed by atoms with Crippen LogP contribution in [0, 0.1) is 6.92 Å². The topological polar surface area (TPSA) is 43.8 Å². The minimum Gasteiger partial charge on any atom is -0.328 e. The molecule has 0 aliphatic carbocycles. The van der Waals surface area contributed by atoms with Gasteiger partial charge in [-0.15, -0.1) is 0 Å². The van der Waals surface area contributed by atoms with E-state index in [0.717, 1.165) is 5.69 Å². The van der Waals surface area contributed by atoms with Crippen molar-refractivity contribution in [2.75, 3.05) is 6.54 Å². The van der Waals surface area contributed by atoms with Crippen LogP contribution in [0.15, 0.2) is 12.5 Å². The van der Waals surface area contributed by atoms with Gasteiger partial charge in [0.15, 0.2) is 0 Å². The summed E-state index contributed by atoms with van der Waals surface area (Å²) >= 11 is 0. The molecule has 1 rings (SSSR count). The number of hydrogen-bond donors (Lipinski definition) is 1. The first-order valence-electron chi connectivity index (χ1n) is 3.77. The Labute approximate surface area is 67.2 Å². The first kappa shape index (κ1) is 8.27. The maximum atomic E-state index is 5.62. The molecular formula is C8H15N3. The monoisotopic (exact) mass is 153 g/mol. The molecule has 0 aliphatic rings. The number of aryl methyl sites for hydroxylation is 1. The lowest BCUT2D eigenvalue weighted by molar-refractivity contribution is 0.360. The molecular weight excluding hydrogens is 138 g/mol. The van der Waals surface area contributed by atoms with Gasteiger partial charge in [-0.05, 0) is 20.8 Å². The van der Waals surface area contributed by atoms with Crippen LogP contribution in [0.3, 0.4) is 0 Å². The number of imidazole rings is 1. The maximum absolute atomic E-state index is 5.62. The Morgan fingerprint density at radius 2 is 2.27 bits per heavy atom. The Bertz CT molecular complexity index is 237. The van der Waals surface area contributed by atoms with Crippen LogP contribution in [0.4, 0.5) is 0 Å². The normalized spacial score (nSPS) is 12.0. The molecule has 0 fully saturated rings. The third-order valence-electron chi connectivity index (χ3n) is 1.98. The molecule has 0 saturated heterocycles. The number of hydrogen-bond acceptors (Lipinski definition) is 2. The molecule has 0 saturated carbocycles. The Kier molecular flexibility index (Phi) is 2.00. The van der Waals surface area contributed by atoms with Gasteiger partial charge in [-0.25, -0.2) is 4.98 Å². The van der Waals surface area contributed by atoms with Gasteiger partial charge in [0.2, 0.25) is 0 Å². The lowest BCUT2D eigenvalue weighted by Gasteiger charge is -2.25. The number of nitrogens with two attached hydrogens (primary N) is 1. The van der Waals surface area contributed by atoms with E-state index in [2.05, 4.69) is 23.4 Å².